The number of benzene rings is 2. The van der Waals surface area contributed by atoms with Crippen LogP contribution in [0.5, 0.6) is 0 Å². The van der Waals surface area contributed by atoms with Crippen LogP contribution >= 0.6 is 0 Å². The molecule has 122 valence electrons. The zero-order chi connectivity index (χ0) is 16.5. The first-order valence-corrected chi connectivity index (χ1v) is 8.41. The summed E-state index contributed by atoms with van der Waals surface area (Å²) in [5, 5.41) is 0. The number of halogens is 2. The molecule has 0 spiro atoms. The monoisotopic (exact) mass is 314 g/mol. The van der Waals surface area contributed by atoms with E-state index in [-0.39, 0.29) is 0 Å². The molecular weight excluding hydrogens is 290 g/mol. The largest absolute Gasteiger partial charge is 0.270 e. The summed E-state index contributed by atoms with van der Waals surface area (Å²) in [6.45, 7) is 2.23. The van der Waals surface area contributed by atoms with E-state index in [0.717, 1.165) is 23.6 Å². The molecule has 0 radical (unpaired) electrons. The van der Waals surface area contributed by atoms with Crippen LogP contribution in [0.2, 0.25) is 0 Å². The van der Waals surface area contributed by atoms with Crippen molar-refractivity contribution in [3.8, 4) is 11.1 Å². The zero-order valence-corrected chi connectivity index (χ0v) is 13.7. The fourth-order valence-corrected chi connectivity index (χ4v) is 2.69. The van der Waals surface area contributed by atoms with Crippen LogP contribution in [-0.4, -0.2) is 0 Å². The van der Waals surface area contributed by atoms with Gasteiger partial charge in [0.15, 0.2) is 0 Å². The molecule has 0 heterocycles. The van der Waals surface area contributed by atoms with E-state index >= 15 is 0 Å². The maximum atomic E-state index is 12.2. The van der Waals surface area contributed by atoms with Gasteiger partial charge in [0, 0.05) is 6.08 Å². The van der Waals surface area contributed by atoms with Crippen molar-refractivity contribution in [2.45, 2.75) is 45.4 Å². The molecule has 2 aromatic rings. The van der Waals surface area contributed by atoms with Crippen LogP contribution < -0.4 is 0 Å². The van der Waals surface area contributed by atoms with E-state index in [1.807, 2.05) is 12.1 Å². The van der Waals surface area contributed by atoms with Gasteiger partial charge in [-0.15, -0.1) is 0 Å². The van der Waals surface area contributed by atoms with Gasteiger partial charge in [0.2, 0.25) is 0 Å². The Morgan fingerprint density at radius 3 is 1.91 bits per heavy atom. The number of unbranched alkanes of at least 4 members (excludes halogenated alkanes) is 4. The first kappa shape index (κ1) is 17.4. The van der Waals surface area contributed by atoms with Crippen LogP contribution in [0.3, 0.4) is 0 Å². The number of hydrogen-bond donors (Lipinski definition) is 0. The van der Waals surface area contributed by atoms with E-state index in [2.05, 4.69) is 31.2 Å². The summed E-state index contributed by atoms with van der Waals surface area (Å²) >= 11 is 0. The quantitative estimate of drug-likeness (QED) is 0.456. The second kappa shape index (κ2) is 9.24. The maximum absolute atomic E-state index is 12.2. The summed E-state index contributed by atoms with van der Waals surface area (Å²) in [6.07, 6.45) is 6.83. The van der Waals surface area contributed by atoms with Crippen LogP contribution in [0.1, 0.15) is 50.2 Å². The Balaban J connectivity index is 1.92. The van der Waals surface area contributed by atoms with Gasteiger partial charge in [-0.3, -0.25) is 0 Å². The van der Waals surface area contributed by atoms with Crippen molar-refractivity contribution in [2.24, 2.45) is 0 Å². The van der Waals surface area contributed by atoms with Crippen LogP contribution in [-0.2, 0) is 6.42 Å². The van der Waals surface area contributed by atoms with Crippen molar-refractivity contribution < 1.29 is 8.78 Å². The Bertz CT molecular complexity index is 605. The molecule has 0 aliphatic carbocycles. The minimum atomic E-state index is -1.67. The van der Waals surface area contributed by atoms with E-state index < -0.39 is 6.08 Å². The van der Waals surface area contributed by atoms with Crippen molar-refractivity contribution in [1.29, 1.82) is 0 Å². The van der Waals surface area contributed by atoms with E-state index in [0.29, 0.717) is 5.56 Å². The number of hydrogen-bond acceptors (Lipinski definition) is 0. The van der Waals surface area contributed by atoms with Gasteiger partial charge in [0.05, 0.1) is 0 Å². The molecule has 0 fully saturated rings. The Morgan fingerprint density at radius 1 is 0.783 bits per heavy atom. The summed E-state index contributed by atoms with van der Waals surface area (Å²) in [4.78, 5) is 0. The van der Waals surface area contributed by atoms with Crippen molar-refractivity contribution in [3.05, 3.63) is 65.7 Å². The lowest BCUT2D eigenvalue weighted by Gasteiger charge is -2.05. The number of rotatable bonds is 8. The SMILES string of the molecule is CCCCCCCc1ccc(-c2ccc(C=C(F)F)cc2)cc1. The fraction of sp³-hybridized carbons (Fsp3) is 0.333. The standard InChI is InChI=1S/C21H24F2/c1-2-3-4-5-6-7-17-8-12-19(13-9-17)20-14-10-18(11-15-20)16-21(22)23/h8-16H,2-7H2,1H3. The minimum Gasteiger partial charge on any atom is -0.173 e. The van der Waals surface area contributed by atoms with Gasteiger partial charge in [-0.2, -0.15) is 8.78 Å². The molecule has 0 saturated carbocycles. The summed E-state index contributed by atoms with van der Waals surface area (Å²) < 4.78 is 24.4. The van der Waals surface area contributed by atoms with E-state index in [1.165, 1.54) is 37.7 Å². The predicted octanol–water partition coefficient (Wildman–Crippen LogP) is 7.10. The first-order chi connectivity index (χ1) is 11.2. The van der Waals surface area contributed by atoms with Gasteiger partial charge in [0.25, 0.3) is 6.08 Å². The van der Waals surface area contributed by atoms with Crippen molar-refractivity contribution in [1.82, 2.24) is 0 Å². The highest BCUT2D eigenvalue weighted by Gasteiger charge is 2.00. The summed E-state index contributed by atoms with van der Waals surface area (Å²) in [6, 6.07) is 15.8. The first-order valence-electron chi connectivity index (χ1n) is 8.41. The lowest BCUT2D eigenvalue weighted by Crippen LogP contribution is -1.87. The lowest BCUT2D eigenvalue weighted by molar-refractivity contribution is 0.429. The molecule has 0 bridgehead atoms. The molecule has 0 atom stereocenters. The van der Waals surface area contributed by atoms with Crippen molar-refractivity contribution >= 4 is 6.08 Å². The average molecular weight is 314 g/mol. The smallest absolute Gasteiger partial charge is 0.173 e. The molecule has 0 N–H and O–H groups in total. The van der Waals surface area contributed by atoms with E-state index in [4.69, 9.17) is 0 Å². The topological polar surface area (TPSA) is 0 Å². The van der Waals surface area contributed by atoms with Crippen molar-refractivity contribution in [2.75, 3.05) is 0 Å². The summed E-state index contributed by atoms with van der Waals surface area (Å²) in [7, 11) is 0. The Kier molecular flexibility index (Phi) is 6.99. The molecule has 0 aliphatic heterocycles. The van der Waals surface area contributed by atoms with Gasteiger partial charge < -0.3 is 0 Å². The highest BCUT2D eigenvalue weighted by Crippen LogP contribution is 2.22. The second-order valence-electron chi connectivity index (χ2n) is 5.92. The third-order valence-corrected chi connectivity index (χ3v) is 4.04. The lowest BCUT2D eigenvalue weighted by atomic mass is 10.00. The summed E-state index contributed by atoms with van der Waals surface area (Å²) in [5.74, 6) is 0. The average Bonchev–Trinajstić information content (AvgIpc) is 2.55. The Morgan fingerprint density at radius 2 is 1.35 bits per heavy atom. The molecule has 2 heteroatoms. The molecule has 2 aromatic carbocycles. The molecule has 23 heavy (non-hydrogen) atoms. The zero-order valence-electron chi connectivity index (χ0n) is 13.7. The van der Waals surface area contributed by atoms with Crippen LogP contribution in [0, 0.1) is 0 Å². The normalized spacial score (nSPS) is 10.6. The molecule has 0 amide bonds. The van der Waals surface area contributed by atoms with E-state index in [1.54, 1.807) is 12.1 Å². The van der Waals surface area contributed by atoms with Gasteiger partial charge in [-0.05, 0) is 35.1 Å². The highest BCUT2D eigenvalue weighted by atomic mass is 19.3. The Labute approximate surface area is 137 Å². The molecule has 2 rings (SSSR count). The number of aryl methyl sites for hydroxylation is 1. The molecule has 0 aromatic heterocycles. The van der Waals surface area contributed by atoms with Gasteiger partial charge in [-0.25, -0.2) is 0 Å². The Hall–Kier alpha value is -1.96. The van der Waals surface area contributed by atoms with Crippen LogP contribution in [0.4, 0.5) is 8.78 Å². The molecular formula is C21H24F2. The predicted molar refractivity (Wildman–Crippen MR) is 94.5 cm³/mol. The molecule has 0 unspecified atom stereocenters. The maximum Gasteiger partial charge on any atom is 0.270 e. The van der Waals surface area contributed by atoms with Gasteiger partial charge in [0.1, 0.15) is 0 Å². The third kappa shape index (κ3) is 5.97. The molecule has 0 aliphatic rings. The van der Waals surface area contributed by atoms with Crippen LogP contribution in [0.15, 0.2) is 54.6 Å². The minimum absolute atomic E-state index is 0.525. The summed E-state index contributed by atoms with van der Waals surface area (Å²) in [5.41, 5.74) is 4.06. The van der Waals surface area contributed by atoms with Crippen molar-refractivity contribution in [3.63, 3.8) is 0 Å². The third-order valence-electron chi connectivity index (χ3n) is 4.04. The molecule has 0 nitrogen and oxygen atoms in total. The van der Waals surface area contributed by atoms with Gasteiger partial charge >= 0.3 is 0 Å². The van der Waals surface area contributed by atoms with E-state index in [9.17, 15) is 8.78 Å². The van der Waals surface area contributed by atoms with Gasteiger partial charge in [-0.1, -0.05) is 81.1 Å². The van der Waals surface area contributed by atoms with Crippen LogP contribution in [0.25, 0.3) is 17.2 Å². The highest BCUT2D eigenvalue weighted by molar-refractivity contribution is 5.66. The fourth-order valence-electron chi connectivity index (χ4n) is 2.69. The second-order valence-corrected chi connectivity index (χ2v) is 5.92. The molecule has 0 saturated heterocycles.